The Hall–Kier alpha value is -1.59. The molecule has 1 atom stereocenters. The first-order valence-corrected chi connectivity index (χ1v) is 6.46. The topological polar surface area (TPSA) is 78.6 Å². The van der Waals surface area contributed by atoms with Crippen LogP contribution in [0.4, 0.5) is 0 Å². The first kappa shape index (κ1) is 19.4. The first-order chi connectivity index (χ1) is 9.28. The SMILES string of the molecule is CC(C)(C)OC(=O)C(N)CC(=O)OCc1ccccc1.Cl. The highest BCUT2D eigenvalue weighted by molar-refractivity contribution is 5.85. The summed E-state index contributed by atoms with van der Waals surface area (Å²) in [5.74, 6) is -1.12. The Morgan fingerprint density at radius 2 is 1.76 bits per heavy atom. The molecule has 6 heteroatoms. The Balaban J connectivity index is 0.00000400. The van der Waals surface area contributed by atoms with Crippen molar-refractivity contribution >= 4 is 24.3 Å². The molecule has 0 saturated heterocycles. The highest BCUT2D eigenvalue weighted by atomic mass is 35.5. The van der Waals surface area contributed by atoms with Crippen LogP contribution in [0.1, 0.15) is 32.8 Å². The van der Waals surface area contributed by atoms with Gasteiger partial charge in [-0.25, -0.2) is 0 Å². The molecule has 5 nitrogen and oxygen atoms in total. The number of ether oxygens (including phenoxy) is 2. The molecule has 21 heavy (non-hydrogen) atoms. The molecule has 1 rings (SSSR count). The van der Waals surface area contributed by atoms with E-state index in [1.807, 2.05) is 30.3 Å². The van der Waals surface area contributed by atoms with Crippen LogP contribution >= 0.6 is 12.4 Å². The maximum absolute atomic E-state index is 11.6. The molecule has 0 aliphatic carbocycles. The van der Waals surface area contributed by atoms with Gasteiger partial charge in [-0.1, -0.05) is 30.3 Å². The van der Waals surface area contributed by atoms with E-state index in [1.165, 1.54) is 0 Å². The number of carbonyl (C=O) groups is 2. The molecule has 118 valence electrons. The number of nitrogens with two attached hydrogens (primary N) is 1. The van der Waals surface area contributed by atoms with Crippen LogP contribution < -0.4 is 5.73 Å². The van der Waals surface area contributed by atoms with Crippen molar-refractivity contribution in [3.05, 3.63) is 35.9 Å². The van der Waals surface area contributed by atoms with Gasteiger partial charge in [-0.15, -0.1) is 12.4 Å². The molecule has 0 aliphatic heterocycles. The van der Waals surface area contributed by atoms with Gasteiger partial charge in [0.2, 0.25) is 0 Å². The summed E-state index contributed by atoms with van der Waals surface area (Å²) >= 11 is 0. The third-order valence-electron chi connectivity index (χ3n) is 2.34. The van der Waals surface area contributed by atoms with Crippen LogP contribution in [-0.4, -0.2) is 23.6 Å². The minimum absolute atomic E-state index is 0. The van der Waals surface area contributed by atoms with Crippen molar-refractivity contribution in [1.29, 1.82) is 0 Å². The number of esters is 2. The summed E-state index contributed by atoms with van der Waals surface area (Å²) in [7, 11) is 0. The van der Waals surface area contributed by atoms with Crippen molar-refractivity contribution < 1.29 is 19.1 Å². The lowest BCUT2D eigenvalue weighted by atomic mass is 10.1. The fourth-order valence-corrected chi connectivity index (χ4v) is 1.44. The molecule has 0 fully saturated rings. The van der Waals surface area contributed by atoms with Crippen molar-refractivity contribution in [3.63, 3.8) is 0 Å². The van der Waals surface area contributed by atoms with E-state index in [4.69, 9.17) is 15.2 Å². The van der Waals surface area contributed by atoms with Gasteiger partial charge in [-0.2, -0.15) is 0 Å². The van der Waals surface area contributed by atoms with Gasteiger partial charge in [0.1, 0.15) is 18.2 Å². The van der Waals surface area contributed by atoms with E-state index in [2.05, 4.69) is 0 Å². The summed E-state index contributed by atoms with van der Waals surface area (Å²) < 4.78 is 10.1. The maximum atomic E-state index is 11.6. The first-order valence-electron chi connectivity index (χ1n) is 6.46. The van der Waals surface area contributed by atoms with E-state index in [1.54, 1.807) is 20.8 Å². The largest absolute Gasteiger partial charge is 0.461 e. The fourth-order valence-electron chi connectivity index (χ4n) is 1.44. The Morgan fingerprint density at radius 1 is 1.19 bits per heavy atom. The van der Waals surface area contributed by atoms with E-state index >= 15 is 0 Å². The summed E-state index contributed by atoms with van der Waals surface area (Å²) in [5, 5.41) is 0. The van der Waals surface area contributed by atoms with Crippen LogP contribution in [0.2, 0.25) is 0 Å². The zero-order valence-corrected chi connectivity index (χ0v) is 13.3. The molecular weight excluding hydrogens is 294 g/mol. The molecule has 0 bridgehead atoms. The molecule has 1 aromatic carbocycles. The minimum atomic E-state index is -1.00. The van der Waals surface area contributed by atoms with Gasteiger partial charge in [0.15, 0.2) is 0 Å². The van der Waals surface area contributed by atoms with Crippen LogP contribution in [0.3, 0.4) is 0 Å². The Kier molecular flexibility index (Phi) is 7.99. The van der Waals surface area contributed by atoms with Crippen molar-refractivity contribution in [1.82, 2.24) is 0 Å². The minimum Gasteiger partial charge on any atom is -0.461 e. The van der Waals surface area contributed by atoms with E-state index in [-0.39, 0.29) is 25.4 Å². The van der Waals surface area contributed by atoms with E-state index in [0.29, 0.717) is 0 Å². The molecule has 1 unspecified atom stereocenters. The molecule has 2 N–H and O–H groups in total. The van der Waals surface area contributed by atoms with Crippen LogP contribution in [-0.2, 0) is 25.7 Å². The van der Waals surface area contributed by atoms with Crippen molar-refractivity contribution in [2.24, 2.45) is 5.73 Å². The number of rotatable bonds is 5. The van der Waals surface area contributed by atoms with Gasteiger partial charge in [0.05, 0.1) is 6.42 Å². The lowest BCUT2D eigenvalue weighted by Gasteiger charge is -2.21. The van der Waals surface area contributed by atoms with Gasteiger partial charge in [-0.05, 0) is 26.3 Å². The number of hydrogen-bond donors (Lipinski definition) is 1. The smallest absolute Gasteiger partial charge is 0.324 e. The average Bonchev–Trinajstić information content (AvgIpc) is 2.35. The highest BCUT2D eigenvalue weighted by Crippen LogP contribution is 2.09. The molecule has 0 spiro atoms. The second-order valence-electron chi connectivity index (χ2n) is 5.49. The quantitative estimate of drug-likeness (QED) is 0.843. The number of carbonyl (C=O) groups excluding carboxylic acids is 2. The van der Waals surface area contributed by atoms with E-state index in [9.17, 15) is 9.59 Å². The Morgan fingerprint density at radius 3 is 2.29 bits per heavy atom. The maximum Gasteiger partial charge on any atom is 0.324 e. The average molecular weight is 316 g/mol. The van der Waals surface area contributed by atoms with Crippen LogP contribution in [0.5, 0.6) is 0 Å². The predicted molar refractivity (Wildman–Crippen MR) is 81.9 cm³/mol. The number of hydrogen-bond acceptors (Lipinski definition) is 5. The number of halogens is 1. The molecular formula is C15H22ClNO4. The van der Waals surface area contributed by atoms with E-state index < -0.39 is 23.6 Å². The molecule has 0 radical (unpaired) electrons. The third-order valence-corrected chi connectivity index (χ3v) is 2.34. The van der Waals surface area contributed by atoms with Crippen LogP contribution in [0.25, 0.3) is 0 Å². The standard InChI is InChI=1S/C15H21NO4.ClH/c1-15(2,3)20-14(18)12(16)9-13(17)19-10-11-7-5-4-6-8-11;/h4-8,12H,9-10,16H2,1-3H3;1H. The monoisotopic (exact) mass is 315 g/mol. The van der Waals surface area contributed by atoms with Gasteiger partial charge >= 0.3 is 11.9 Å². The van der Waals surface area contributed by atoms with Crippen LogP contribution in [0.15, 0.2) is 30.3 Å². The number of benzene rings is 1. The molecule has 0 aromatic heterocycles. The lowest BCUT2D eigenvalue weighted by Crippen LogP contribution is -2.39. The zero-order valence-electron chi connectivity index (χ0n) is 12.5. The Labute approximate surface area is 131 Å². The molecule has 0 amide bonds. The summed E-state index contributed by atoms with van der Waals surface area (Å²) in [6.07, 6.45) is -0.193. The predicted octanol–water partition coefficient (Wildman–Crippen LogP) is 2.21. The second kappa shape index (κ2) is 8.64. The van der Waals surface area contributed by atoms with Crippen molar-refractivity contribution in [3.8, 4) is 0 Å². The lowest BCUT2D eigenvalue weighted by molar-refractivity contribution is -0.160. The second-order valence-corrected chi connectivity index (χ2v) is 5.49. The Bertz CT molecular complexity index is 456. The molecule has 1 aromatic rings. The fraction of sp³-hybridized carbons (Fsp3) is 0.467. The summed E-state index contributed by atoms with van der Waals surface area (Å²) in [4.78, 5) is 23.2. The normalized spacial score (nSPS) is 12.0. The van der Waals surface area contributed by atoms with Gasteiger partial charge < -0.3 is 15.2 Å². The zero-order chi connectivity index (χ0) is 15.2. The van der Waals surface area contributed by atoms with E-state index in [0.717, 1.165) is 5.56 Å². The highest BCUT2D eigenvalue weighted by Gasteiger charge is 2.24. The van der Waals surface area contributed by atoms with Gasteiger partial charge in [0, 0.05) is 0 Å². The van der Waals surface area contributed by atoms with Crippen LogP contribution in [0, 0.1) is 0 Å². The molecule has 0 saturated carbocycles. The summed E-state index contributed by atoms with van der Waals surface area (Å²) in [6, 6.07) is 8.29. The molecule has 0 heterocycles. The van der Waals surface area contributed by atoms with Crippen molar-refractivity contribution in [2.45, 2.75) is 45.4 Å². The molecule has 0 aliphatic rings. The van der Waals surface area contributed by atoms with Gasteiger partial charge in [-0.3, -0.25) is 9.59 Å². The van der Waals surface area contributed by atoms with Crippen molar-refractivity contribution in [2.75, 3.05) is 0 Å². The van der Waals surface area contributed by atoms with Gasteiger partial charge in [0.25, 0.3) is 0 Å². The third kappa shape index (κ3) is 8.32. The summed E-state index contributed by atoms with van der Waals surface area (Å²) in [6.45, 7) is 5.39. The summed E-state index contributed by atoms with van der Waals surface area (Å²) in [5.41, 5.74) is 5.88.